The van der Waals surface area contributed by atoms with Crippen LogP contribution in [0.4, 0.5) is 0 Å². The van der Waals surface area contributed by atoms with Crippen LogP contribution >= 0.6 is 0 Å². The van der Waals surface area contributed by atoms with E-state index in [1.165, 1.54) is 11.1 Å². The Morgan fingerprint density at radius 2 is 1.33 bits per heavy atom. The molecule has 2 nitrogen and oxygen atoms in total. The fraction of sp³-hybridized carbons (Fsp3) is 0.211. The van der Waals surface area contributed by atoms with Crippen molar-refractivity contribution in [2.45, 2.75) is 18.9 Å². The van der Waals surface area contributed by atoms with Crippen molar-refractivity contribution in [1.82, 2.24) is 5.32 Å². The van der Waals surface area contributed by atoms with Crippen LogP contribution in [0.25, 0.3) is 0 Å². The predicted octanol–water partition coefficient (Wildman–Crippen LogP) is 3.14. The Hall–Kier alpha value is -2.35. The van der Waals surface area contributed by atoms with Crippen molar-refractivity contribution in [3.05, 3.63) is 83.9 Å². The molecule has 21 heavy (non-hydrogen) atoms. The fourth-order valence-corrected chi connectivity index (χ4v) is 2.71. The van der Waals surface area contributed by atoms with Gasteiger partial charge >= 0.3 is 0 Å². The minimum atomic E-state index is -0.0561. The molecule has 106 valence electrons. The second-order valence-electron chi connectivity index (χ2n) is 5.49. The first-order valence-corrected chi connectivity index (χ1v) is 7.38. The molecule has 0 radical (unpaired) electrons. The lowest BCUT2D eigenvalue weighted by molar-refractivity contribution is -0.124. The van der Waals surface area contributed by atoms with Gasteiger partial charge in [0.1, 0.15) is 0 Å². The highest BCUT2D eigenvalue weighted by Crippen LogP contribution is 2.16. The molecule has 1 amide bonds. The Balaban J connectivity index is 1.64. The summed E-state index contributed by atoms with van der Waals surface area (Å²) >= 11 is 0. The first-order chi connectivity index (χ1) is 10.3. The first kappa shape index (κ1) is 13.6. The Morgan fingerprint density at radius 1 is 0.762 bits per heavy atom. The fourth-order valence-electron chi connectivity index (χ4n) is 2.71. The third-order valence-electron chi connectivity index (χ3n) is 3.84. The van der Waals surface area contributed by atoms with E-state index in [1.807, 2.05) is 36.4 Å². The van der Waals surface area contributed by atoms with Crippen LogP contribution in [-0.2, 0) is 17.6 Å². The smallest absolute Gasteiger partial charge is 0.227 e. The maximum atomic E-state index is 12.2. The van der Waals surface area contributed by atoms with Gasteiger partial charge in [-0.1, -0.05) is 72.8 Å². The average Bonchev–Trinajstić information content (AvgIpc) is 2.52. The summed E-state index contributed by atoms with van der Waals surface area (Å²) in [6.07, 6.45) is 5.80. The molecule has 2 aromatic carbocycles. The summed E-state index contributed by atoms with van der Waals surface area (Å²) in [6, 6.07) is 20.5. The van der Waals surface area contributed by atoms with E-state index < -0.39 is 0 Å². The van der Waals surface area contributed by atoms with E-state index in [0.29, 0.717) is 0 Å². The van der Waals surface area contributed by atoms with E-state index in [1.54, 1.807) is 0 Å². The Morgan fingerprint density at radius 3 is 1.90 bits per heavy atom. The molecule has 2 aromatic rings. The van der Waals surface area contributed by atoms with Gasteiger partial charge in [-0.25, -0.2) is 0 Å². The number of hydrogen-bond acceptors (Lipinski definition) is 1. The van der Waals surface area contributed by atoms with E-state index in [4.69, 9.17) is 0 Å². The highest BCUT2D eigenvalue weighted by molar-refractivity contribution is 5.82. The number of rotatable bonds is 4. The van der Waals surface area contributed by atoms with E-state index >= 15 is 0 Å². The number of carbonyl (C=O) groups is 1. The van der Waals surface area contributed by atoms with Crippen molar-refractivity contribution in [3.63, 3.8) is 0 Å². The van der Waals surface area contributed by atoms with Gasteiger partial charge in [-0.2, -0.15) is 0 Å². The zero-order chi connectivity index (χ0) is 14.5. The molecule has 0 aliphatic carbocycles. The van der Waals surface area contributed by atoms with Crippen LogP contribution in [-0.4, -0.2) is 11.9 Å². The summed E-state index contributed by atoms with van der Waals surface area (Å²) in [5, 5.41) is 3.11. The predicted molar refractivity (Wildman–Crippen MR) is 84.9 cm³/mol. The second kappa shape index (κ2) is 6.40. The molecule has 1 N–H and O–H groups in total. The van der Waals surface area contributed by atoms with Gasteiger partial charge in [0.15, 0.2) is 0 Å². The normalized spacial score (nSPS) is 21.0. The summed E-state index contributed by atoms with van der Waals surface area (Å²) in [7, 11) is 0. The molecule has 1 heterocycles. The average molecular weight is 277 g/mol. The molecule has 0 fully saturated rings. The Labute approximate surface area is 125 Å². The molecular formula is C19H19NO. The molecule has 2 atom stereocenters. The van der Waals surface area contributed by atoms with E-state index in [9.17, 15) is 4.79 Å². The summed E-state index contributed by atoms with van der Waals surface area (Å²) in [5.74, 6) is 0.0710. The van der Waals surface area contributed by atoms with Crippen molar-refractivity contribution in [3.8, 4) is 0 Å². The van der Waals surface area contributed by atoms with Crippen molar-refractivity contribution in [1.29, 1.82) is 0 Å². The lowest BCUT2D eigenvalue weighted by Crippen LogP contribution is -2.42. The standard InChI is InChI=1S/C19H19NO/c21-19-17(13-15-7-3-1-4-8-15)11-12-18(20-19)14-16-9-5-2-6-10-16/h1-12,17-18H,13-14H2,(H,20,21)/t17-,18+/m0/s1. The quantitative estimate of drug-likeness (QED) is 0.855. The van der Waals surface area contributed by atoms with Gasteiger partial charge in [0, 0.05) is 0 Å². The second-order valence-corrected chi connectivity index (χ2v) is 5.49. The molecule has 1 aliphatic rings. The molecule has 0 unspecified atom stereocenters. The van der Waals surface area contributed by atoms with Gasteiger partial charge in [0.2, 0.25) is 5.91 Å². The Bertz CT molecular complexity index is 619. The molecule has 0 saturated carbocycles. The number of amides is 1. The molecular weight excluding hydrogens is 258 g/mol. The van der Waals surface area contributed by atoms with Crippen LogP contribution in [0.2, 0.25) is 0 Å². The SMILES string of the molecule is O=C1N[C@@H](Cc2ccccc2)C=C[C@H]1Cc1ccccc1. The number of nitrogens with one attached hydrogen (secondary N) is 1. The first-order valence-electron chi connectivity index (χ1n) is 7.38. The monoisotopic (exact) mass is 277 g/mol. The van der Waals surface area contributed by atoms with Gasteiger partial charge in [-0.15, -0.1) is 0 Å². The van der Waals surface area contributed by atoms with Crippen LogP contribution in [0.3, 0.4) is 0 Å². The van der Waals surface area contributed by atoms with Gasteiger partial charge in [0.25, 0.3) is 0 Å². The Kier molecular flexibility index (Phi) is 4.15. The van der Waals surface area contributed by atoms with Crippen LogP contribution in [0.15, 0.2) is 72.8 Å². The van der Waals surface area contributed by atoms with E-state index in [-0.39, 0.29) is 17.9 Å². The molecule has 0 aromatic heterocycles. The number of hydrogen-bond donors (Lipinski definition) is 1. The minimum Gasteiger partial charge on any atom is -0.349 e. The third-order valence-corrected chi connectivity index (χ3v) is 3.84. The summed E-state index contributed by atoms with van der Waals surface area (Å²) in [5.41, 5.74) is 2.44. The lowest BCUT2D eigenvalue weighted by atomic mass is 9.92. The van der Waals surface area contributed by atoms with Crippen molar-refractivity contribution >= 4 is 5.91 Å². The van der Waals surface area contributed by atoms with Gasteiger partial charge < -0.3 is 5.32 Å². The topological polar surface area (TPSA) is 29.1 Å². The lowest BCUT2D eigenvalue weighted by Gasteiger charge is -2.24. The van der Waals surface area contributed by atoms with Gasteiger partial charge in [0.05, 0.1) is 12.0 Å². The summed E-state index contributed by atoms with van der Waals surface area (Å²) < 4.78 is 0. The summed E-state index contributed by atoms with van der Waals surface area (Å²) in [6.45, 7) is 0. The van der Waals surface area contributed by atoms with Gasteiger partial charge in [-0.3, -0.25) is 4.79 Å². The molecule has 0 spiro atoms. The van der Waals surface area contributed by atoms with E-state index in [2.05, 4.69) is 41.7 Å². The van der Waals surface area contributed by atoms with Crippen molar-refractivity contribution in [2.24, 2.45) is 5.92 Å². The van der Waals surface area contributed by atoms with E-state index in [0.717, 1.165) is 12.8 Å². The maximum Gasteiger partial charge on any atom is 0.227 e. The van der Waals surface area contributed by atoms with Crippen LogP contribution < -0.4 is 5.32 Å². The maximum absolute atomic E-state index is 12.2. The highest BCUT2D eigenvalue weighted by Gasteiger charge is 2.23. The summed E-state index contributed by atoms with van der Waals surface area (Å²) in [4.78, 5) is 12.2. The minimum absolute atomic E-state index is 0.0561. The number of carbonyl (C=O) groups excluding carboxylic acids is 1. The van der Waals surface area contributed by atoms with Gasteiger partial charge in [-0.05, 0) is 24.0 Å². The molecule has 2 heteroatoms. The highest BCUT2D eigenvalue weighted by atomic mass is 16.2. The van der Waals surface area contributed by atoms with Crippen LogP contribution in [0.1, 0.15) is 11.1 Å². The number of benzene rings is 2. The van der Waals surface area contributed by atoms with Crippen LogP contribution in [0, 0.1) is 5.92 Å². The van der Waals surface area contributed by atoms with Crippen molar-refractivity contribution in [2.75, 3.05) is 0 Å². The molecule has 1 aliphatic heterocycles. The van der Waals surface area contributed by atoms with Crippen LogP contribution in [0.5, 0.6) is 0 Å². The zero-order valence-corrected chi connectivity index (χ0v) is 11.9. The molecule has 0 bridgehead atoms. The third kappa shape index (κ3) is 3.60. The molecule has 0 saturated heterocycles. The zero-order valence-electron chi connectivity index (χ0n) is 11.9. The van der Waals surface area contributed by atoms with Crippen molar-refractivity contribution < 1.29 is 4.79 Å². The largest absolute Gasteiger partial charge is 0.349 e. The molecule has 3 rings (SSSR count).